The van der Waals surface area contributed by atoms with Crippen LogP contribution in [-0.4, -0.2) is 108 Å². The Morgan fingerprint density at radius 3 is 2.00 bits per heavy atom. The molecule has 14 heteroatoms. The molecule has 0 radical (unpaired) electrons. The van der Waals surface area contributed by atoms with E-state index in [-0.39, 0.29) is 25.3 Å². The van der Waals surface area contributed by atoms with Crippen LogP contribution in [0.2, 0.25) is 10.0 Å². The lowest BCUT2D eigenvalue weighted by Gasteiger charge is -2.47. The Bertz CT molecular complexity index is 1350. The molecule has 0 aromatic heterocycles. The number of carbonyl (C=O) groups excluding carboxylic acids is 1. The van der Waals surface area contributed by atoms with Gasteiger partial charge in [-0.2, -0.15) is 26.3 Å². The summed E-state index contributed by atoms with van der Waals surface area (Å²) in [6.07, 6.45) is -5.82. The predicted molar refractivity (Wildman–Crippen MR) is 169 cm³/mol. The number of carbonyl (C=O) groups is 1. The van der Waals surface area contributed by atoms with Crippen LogP contribution in [0.5, 0.6) is 0 Å². The third kappa shape index (κ3) is 9.13. The maximum absolute atomic E-state index is 13.8. The minimum atomic E-state index is -5.05. The van der Waals surface area contributed by atoms with Gasteiger partial charge in [0, 0.05) is 69.6 Å². The molecule has 3 unspecified atom stereocenters. The van der Waals surface area contributed by atoms with Crippen molar-refractivity contribution in [3.05, 3.63) is 68.7 Å². The quantitative estimate of drug-likeness (QED) is 0.232. The number of aliphatic hydroxyl groups excluding tert-OH is 1. The number of aliphatic hydroxyl groups is 1. The second kappa shape index (κ2) is 15.2. The monoisotopic (exact) mass is 708 g/mol. The van der Waals surface area contributed by atoms with Crippen molar-refractivity contribution in [1.82, 2.24) is 19.6 Å². The van der Waals surface area contributed by atoms with Gasteiger partial charge in [0.15, 0.2) is 0 Å². The number of rotatable bonds is 9. The standard InChI is InChI=1S/C33H40Cl2F6N4O2/c34-29-4-3-22(16-30(29)35)15-28-20-26(43-10-12-44(13-11-43)27-5-8-42(21-27)7-1-2-14-46)6-9-45(28)31(47)23-17-24(32(36,37)38)19-25(18-23)33(39,40)41/h3-4,16-19,26-28,46H,1-2,5-15,20-21H2. The molecule has 3 heterocycles. The number of alkyl halides is 6. The Balaban J connectivity index is 1.30. The summed E-state index contributed by atoms with van der Waals surface area (Å²) in [5.74, 6) is -0.861. The first-order chi connectivity index (χ1) is 22.2. The summed E-state index contributed by atoms with van der Waals surface area (Å²) < 4.78 is 81.6. The van der Waals surface area contributed by atoms with Crippen LogP contribution in [0.3, 0.4) is 0 Å². The average molecular weight is 710 g/mol. The van der Waals surface area contributed by atoms with E-state index >= 15 is 0 Å². The van der Waals surface area contributed by atoms with E-state index in [1.807, 2.05) is 0 Å². The van der Waals surface area contributed by atoms with Crippen LogP contribution in [0, 0.1) is 0 Å². The summed E-state index contributed by atoms with van der Waals surface area (Å²) in [4.78, 5) is 22.6. The Morgan fingerprint density at radius 2 is 1.40 bits per heavy atom. The van der Waals surface area contributed by atoms with Crippen LogP contribution in [0.15, 0.2) is 36.4 Å². The van der Waals surface area contributed by atoms with Crippen molar-refractivity contribution in [2.45, 2.75) is 69.0 Å². The lowest BCUT2D eigenvalue weighted by atomic mass is 9.90. The zero-order chi connectivity index (χ0) is 33.9. The number of benzene rings is 2. The largest absolute Gasteiger partial charge is 0.416 e. The van der Waals surface area contributed by atoms with Gasteiger partial charge in [0.05, 0.1) is 21.2 Å². The molecule has 2 aromatic carbocycles. The Kier molecular flexibility index (Phi) is 11.7. The van der Waals surface area contributed by atoms with Gasteiger partial charge in [0.25, 0.3) is 5.91 Å². The minimum absolute atomic E-state index is 0.0380. The molecule has 1 N–H and O–H groups in total. The van der Waals surface area contributed by atoms with Gasteiger partial charge in [-0.25, -0.2) is 0 Å². The van der Waals surface area contributed by atoms with E-state index in [2.05, 4.69) is 14.7 Å². The second-order valence-corrected chi connectivity index (χ2v) is 13.6. The normalized spacial score (nSPS) is 23.9. The van der Waals surface area contributed by atoms with Crippen molar-refractivity contribution in [1.29, 1.82) is 0 Å². The van der Waals surface area contributed by atoms with Gasteiger partial charge in [-0.15, -0.1) is 0 Å². The van der Waals surface area contributed by atoms with Crippen molar-refractivity contribution in [2.75, 3.05) is 59.0 Å². The Morgan fingerprint density at radius 1 is 0.787 bits per heavy atom. The lowest BCUT2D eigenvalue weighted by Crippen LogP contribution is -2.58. The van der Waals surface area contributed by atoms with E-state index in [9.17, 15) is 31.1 Å². The van der Waals surface area contributed by atoms with Gasteiger partial charge in [0.2, 0.25) is 0 Å². The molecular formula is C33H40Cl2F6N4O2. The number of halogens is 8. The van der Waals surface area contributed by atoms with Crippen LogP contribution in [0.25, 0.3) is 0 Å². The minimum Gasteiger partial charge on any atom is -0.396 e. The van der Waals surface area contributed by atoms with E-state index in [4.69, 9.17) is 28.3 Å². The molecule has 5 rings (SSSR count). The van der Waals surface area contributed by atoms with E-state index < -0.39 is 41.0 Å². The zero-order valence-corrected chi connectivity index (χ0v) is 27.5. The molecule has 47 heavy (non-hydrogen) atoms. The zero-order valence-electron chi connectivity index (χ0n) is 26.0. The number of hydrogen-bond donors (Lipinski definition) is 1. The van der Waals surface area contributed by atoms with Crippen molar-refractivity contribution >= 4 is 29.1 Å². The molecular weight excluding hydrogens is 669 g/mol. The number of piperazine rings is 1. The van der Waals surface area contributed by atoms with Gasteiger partial charge in [-0.3, -0.25) is 14.6 Å². The van der Waals surface area contributed by atoms with Crippen LogP contribution >= 0.6 is 23.2 Å². The van der Waals surface area contributed by atoms with E-state index in [1.165, 1.54) is 4.90 Å². The molecule has 2 aromatic rings. The summed E-state index contributed by atoms with van der Waals surface area (Å²) in [5.41, 5.74) is -2.90. The van der Waals surface area contributed by atoms with Gasteiger partial charge in [0.1, 0.15) is 0 Å². The Labute approximate surface area is 281 Å². The lowest BCUT2D eigenvalue weighted by molar-refractivity contribution is -0.143. The number of hydrogen-bond acceptors (Lipinski definition) is 5. The molecule has 3 saturated heterocycles. The third-order valence-electron chi connectivity index (χ3n) is 9.75. The molecule has 1 amide bonds. The van der Waals surface area contributed by atoms with E-state index in [0.29, 0.717) is 47.5 Å². The maximum Gasteiger partial charge on any atom is 0.416 e. The molecule has 0 bridgehead atoms. The van der Waals surface area contributed by atoms with Gasteiger partial charge >= 0.3 is 12.4 Å². The SMILES string of the molecule is O=C(c1cc(C(F)(F)F)cc(C(F)(F)F)c1)N1CCC(N2CCN(C3CCN(CCCCO)C3)CC2)CC1Cc1ccc(Cl)c(Cl)c1. The second-order valence-electron chi connectivity index (χ2n) is 12.8. The highest BCUT2D eigenvalue weighted by Crippen LogP contribution is 2.37. The molecule has 6 nitrogen and oxygen atoms in total. The molecule has 3 fully saturated rings. The number of likely N-dealkylation sites (tertiary alicyclic amines) is 2. The van der Waals surface area contributed by atoms with Gasteiger partial charge in [-0.05, 0) is 87.5 Å². The van der Waals surface area contributed by atoms with E-state index in [1.54, 1.807) is 18.2 Å². The van der Waals surface area contributed by atoms with Crippen LogP contribution in [0.1, 0.15) is 59.2 Å². The molecule has 3 aliphatic heterocycles. The maximum atomic E-state index is 13.8. The van der Waals surface area contributed by atoms with Crippen molar-refractivity contribution in [3.63, 3.8) is 0 Å². The highest BCUT2D eigenvalue weighted by molar-refractivity contribution is 6.42. The van der Waals surface area contributed by atoms with Crippen LogP contribution < -0.4 is 0 Å². The molecule has 0 spiro atoms. The fourth-order valence-corrected chi connectivity index (χ4v) is 7.55. The summed E-state index contributed by atoms with van der Waals surface area (Å²) in [7, 11) is 0. The number of unbranched alkanes of at least 4 members (excludes halogenated alkanes) is 1. The van der Waals surface area contributed by atoms with Crippen molar-refractivity contribution in [2.24, 2.45) is 0 Å². The number of nitrogens with zero attached hydrogens (tertiary/aromatic N) is 4. The van der Waals surface area contributed by atoms with Crippen molar-refractivity contribution in [3.8, 4) is 0 Å². The average Bonchev–Trinajstić information content (AvgIpc) is 3.50. The smallest absolute Gasteiger partial charge is 0.396 e. The van der Waals surface area contributed by atoms with E-state index in [0.717, 1.165) is 70.6 Å². The highest BCUT2D eigenvalue weighted by atomic mass is 35.5. The fraction of sp³-hybridized carbons (Fsp3) is 0.606. The van der Waals surface area contributed by atoms with Gasteiger partial charge < -0.3 is 14.9 Å². The third-order valence-corrected chi connectivity index (χ3v) is 10.5. The summed E-state index contributed by atoms with van der Waals surface area (Å²) in [6.45, 7) is 6.94. The topological polar surface area (TPSA) is 50.3 Å². The molecule has 3 aliphatic rings. The number of piperidine rings is 1. The fourth-order valence-electron chi connectivity index (χ4n) is 7.23. The summed E-state index contributed by atoms with van der Waals surface area (Å²) in [6, 6.07) is 6.23. The first-order valence-electron chi connectivity index (χ1n) is 16.1. The predicted octanol–water partition coefficient (Wildman–Crippen LogP) is 6.71. The summed E-state index contributed by atoms with van der Waals surface area (Å²) in [5, 5.41) is 9.74. The first kappa shape index (κ1) is 36.2. The van der Waals surface area contributed by atoms with Gasteiger partial charge in [-0.1, -0.05) is 29.3 Å². The first-order valence-corrected chi connectivity index (χ1v) is 16.8. The molecule has 0 saturated carbocycles. The van der Waals surface area contributed by atoms with Crippen molar-refractivity contribution < 1.29 is 36.2 Å². The molecule has 3 atom stereocenters. The highest BCUT2D eigenvalue weighted by Gasteiger charge is 2.40. The Hall–Kier alpha value is -2.09. The molecule has 0 aliphatic carbocycles. The van der Waals surface area contributed by atoms with Crippen LogP contribution in [-0.2, 0) is 18.8 Å². The molecule has 260 valence electrons. The number of amides is 1. The summed E-state index contributed by atoms with van der Waals surface area (Å²) >= 11 is 12.4. The van der Waals surface area contributed by atoms with Crippen LogP contribution in [0.4, 0.5) is 26.3 Å².